The molecule has 0 bridgehead atoms. The molecule has 0 saturated heterocycles. The number of hydrogen-bond acceptors (Lipinski definition) is 4. The Kier molecular flexibility index (Phi) is 6.45. The predicted octanol–water partition coefficient (Wildman–Crippen LogP) is 3.50. The minimum Gasteiger partial charge on any atom is -0.444 e. The summed E-state index contributed by atoms with van der Waals surface area (Å²) in [4.78, 5) is 15.7. The van der Waals surface area contributed by atoms with Gasteiger partial charge in [-0.3, -0.25) is 4.98 Å². The molecule has 0 aromatic carbocycles. The fourth-order valence-electron chi connectivity index (χ4n) is 1.16. The highest BCUT2D eigenvalue weighted by molar-refractivity contribution is 14.2. The van der Waals surface area contributed by atoms with Crippen LogP contribution in [-0.2, 0) is 11.3 Å². The SMILES string of the molecule is CC(C)(C)OC(=O)NCc1ccc(C#CSI)cn1. The molecule has 0 unspecified atom stereocenters. The van der Waals surface area contributed by atoms with Gasteiger partial charge in [0.05, 0.1) is 12.2 Å². The van der Waals surface area contributed by atoms with Crippen LogP contribution in [0, 0.1) is 11.2 Å². The number of hydrogen-bond donors (Lipinski definition) is 1. The Labute approximate surface area is 129 Å². The van der Waals surface area contributed by atoms with E-state index in [0.29, 0.717) is 6.54 Å². The third kappa shape index (κ3) is 7.28. The topological polar surface area (TPSA) is 51.2 Å². The van der Waals surface area contributed by atoms with Gasteiger partial charge in [-0.25, -0.2) is 4.79 Å². The van der Waals surface area contributed by atoms with Crippen molar-refractivity contribution in [1.82, 2.24) is 10.3 Å². The number of amides is 1. The van der Waals surface area contributed by atoms with Gasteiger partial charge in [-0.05, 0) is 47.1 Å². The largest absolute Gasteiger partial charge is 0.444 e. The quantitative estimate of drug-likeness (QED) is 0.621. The fraction of sp³-hybridized carbons (Fsp3) is 0.385. The standard InChI is InChI=1S/C13H15IN2O2S/c1-13(2,3)18-12(17)16-9-11-5-4-10(8-15-11)6-7-19-14/h4-5,8H,9H2,1-3H3,(H,16,17). The lowest BCUT2D eigenvalue weighted by atomic mass is 10.2. The van der Waals surface area contributed by atoms with E-state index in [4.69, 9.17) is 4.74 Å². The molecule has 0 spiro atoms. The van der Waals surface area contributed by atoms with Crippen LogP contribution < -0.4 is 5.32 Å². The second kappa shape index (κ2) is 7.60. The lowest BCUT2D eigenvalue weighted by molar-refractivity contribution is 0.0523. The summed E-state index contributed by atoms with van der Waals surface area (Å²) in [5.41, 5.74) is 1.12. The molecule has 0 fully saturated rings. The number of carbonyl (C=O) groups is 1. The second-order valence-electron chi connectivity index (χ2n) is 4.70. The van der Waals surface area contributed by atoms with Crippen LogP contribution in [0.15, 0.2) is 18.3 Å². The Hall–Kier alpha value is -0.940. The van der Waals surface area contributed by atoms with Gasteiger partial charge in [-0.2, -0.15) is 0 Å². The van der Waals surface area contributed by atoms with Gasteiger partial charge in [-0.15, -0.1) is 0 Å². The third-order valence-electron chi connectivity index (χ3n) is 1.87. The number of nitrogens with one attached hydrogen (secondary N) is 1. The van der Waals surface area contributed by atoms with Gasteiger partial charge < -0.3 is 10.1 Å². The van der Waals surface area contributed by atoms with E-state index in [1.54, 1.807) is 6.20 Å². The Morgan fingerprint density at radius 3 is 2.79 bits per heavy atom. The van der Waals surface area contributed by atoms with Crippen LogP contribution in [0.25, 0.3) is 0 Å². The van der Waals surface area contributed by atoms with E-state index in [2.05, 4.69) is 42.7 Å². The molecule has 0 atom stereocenters. The van der Waals surface area contributed by atoms with Gasteiger partial charge in [0.25, 0.3) is 0 Å². The summed E-state index contributed by atoms with van der Waals surface area (Å²) in [7, 11) is 1.43. The van der Waals surface area contributed by atoms with Crippen LogP contribution in [0.3, 0.4) is 0 Å². The molecule has 0 aliphatic rings. The van der Waals surface area contributed by atoms with E-state index < -0.39 is 11.7 Å². The lowest BCUT2D eigenvalue weighted by Gasteiger charge is -2.19. The Balaban J connectivity index is 2.48. The first kappa shape index (κ1) is 16.1. The molecule has 1 amide bonds. The summed E-state index contributed by atoms with van der Waals surface area (Å²) >= 11 is 2.11. The maximum Gasteiger partial charge on any atom is 0.407 e. The number of nitrogens with zero attached hydrogens (tertiary/aromatic N) is 1. The molecule has 0 aliphatic carbocycles. The van der Waals surface area contributed by atoms with E-state index >= 15 is 0 Å². The number of pyridine rings is 1. The number of alkyl carbamates (subject to hydrolysis) is 1. The van der Waals surface area contributed by atoms with E-state index in [1.807, 2.05) is 32.9 Å². The van der Waals surface area contributed by atoms with Crippen molar-refractivity contribution in [3.63, 3.8) is 0 Å². The molecule has 102 valence electrons. The Bertz CT molecular complexity index is 486. The first-order valence-corrected chi connectivity index (χ1v) is 8.97. The van der Waals surface area contributed by atoms with E-state index in [0.717, 1.165) is 11.3 Å². The molecule has 0 saturated carbocycles. The van der Waals surface area contributed by atoms with Crippen LogP contribution in [-0.4, -0.2) is 16.7 Å². The van der Waals surface area contributed by atoms with Gasteiger partial charge in [0, 0.05) is 33.0 Å². The molecular weight excluding hydrogens is 375 g/mol. The van der Waals surface area contributed by atoms with Crippen molar-refractivity contribution in [1.29, 1.82) is 0 Å². The number of ether oxygens (including phenoxy) is 1. The smallest absolute Gasteiger partial charge is 0.407 e. The molecule has 4 nitrogen and oxygen atoms in total. The fourth-order valence-corrected chi connectivity index (χ4v) is 1.64. The number of carbonyl (C=O) groups excluding carboxylic acids is 1. The Morgan fingerprint density at radius 1 is 1.53 bits per heavy atom. The van der Waals surface area contributed by atoms with Crippen LogP contribution in [0.4, 0.5) is 4.79 Å². The highest BCUT2D eigenvalue weighted by atomic mass is 127. The van der Waals surface area contributed by atoms with Gasteiger partial charge in [-0.1, -0.05) is 5.92 Å². The van der Waals surface area contributed by atoms with E-state index in [-0.39, 0.29) is 0 Å². The zero-order valence-corrected chi connectivity index (χ0v) is 14.0. The Morgan fingerprint density at radius 2 is 2.26 bits per heavy atom. The molecule has 1 aromatic heterocycles. The molecule has 0 aliphatic heterocycles. The average Bonchev–Trinajstić information content (AvgIpc) is 2.33. The maximum absolute atomic E-state index is 11.5. The van der Waals surface area contributed by atoms with Gasteiger partial charge >= 0.3 is 6.09 Å². The number of aromatic nitrogens is 1. The van der Waals surface area contributed by atoms with Gasteiger partial charge in [0.1, 0.15) is 5.60 Å². The molecule has 1 rings (SSSR count). The highest BCUT2D eigenvalue weighted by Crippen LogP contribution is 2.08. The third-order valence-corrected chi connectivity index (χ3v) is 2.71. The molecule has 0 radical (unpaired) electrons. The van der Waals surface area contributed by atoms with Gasteiger partial charge in [0.2, 0.25) is 0 Å². The van der Waals surface area contributed by atoms with Crippen LogP contribution in [0.5, 0.6) is 0 Å². The zero-order valence-electron chi connectivity index (χ0n) is 11.0. The van der Waals surface area contributed by atoms with Crippen molar-refractivity contribution >= 4 is 36.2 Å². The average molecular weight is 390 g/mol. The number of rotatable bonds is 2. The van der Waals surface area contributed by atoms with Crippen molar-refractivity contribution in [3.05, 3.63) is 29.6 Å². The lowest BCUT2D eigenvalue weighted by Crippen LogP contribution is -2.32. The normalized spacial score (nSPS) is 10.3. The van der Waals surface area contributed by atoms with Crippen LogP contribution in [0.1, 0.15) is 32.0 Å². The molecule has 1 aromatic rings. The molecule has 1 N–H and O–H groups in total. The summed E-state index contributed by atoms with van der Waals surface area (Å²) in [6.45, 7) is 5.81. The second-order valence-corrected chi connectivity index (χ2v) is 6.38. The van der Waals surface area contributed by atoms with Crippen molar-refractivity contribution in [3.8, 4) is 11.2 Å². The van der Waals surface area contributed by atoms with Gasteiger partial charge in [0.15, 0.2) is 0 Å². The minimum atomic E-state index is -0.492. The first-order chi connectivity index (χ1) is 8.90. The summed E-state index contributed by atoms with van der Waals surface area (Å²) in [6, 6.07) is 3.71. The highest BCUT2D eigenvalue weighted by Gasteiger charge is 2.15. The molecule has 6 heteroatoms. The summed E-state index contributed by atoms with van der Waals surface area (Å²) in [6.07, 6.45) is 1.24. The van der Waals surface area contributed by atoms with Crippen molar-refractivity contribution in [2.45, 2.75) is 32.9 Å². The van der Waals surface area contributed by atoms with Crippen molar-refractivity contribution in [2.24, 2.45) is 0 Å². The van der Waals surface area contributed by atoms with Crippen LogP contribution in [0.2, 0.25) is 0 Å². The summed E-state index contributed by atoms with van der Waals surface area (Å²) in [5, 5.41) is 5.54. The molecule has 1 heterocycles. The van der Waals surface area contributed by atoms with E-state index in [9.17, 15) is 4.79 Å². The molecular formula is C13H15IN2O2S. The monoisotopic (exact) mass is 390 g/mol. The summed E-state index contributed by atoms with van der Waals surface area (Å²) < 4.78 is 5.13. The van der Waals surface area contributed by atoms with Crippen molar-refractivity contribution in [2.75, 3.05) is 0 Å². The maximum atomic E-state index is 11.5. The zero-order chi connectivity index (χ0) is 14.3. The van der Waals surface area contributed by atoms with E-state index in [1.165, 1.54) is 8.93 Å². The minimum absolute atomic E-state index is 0.337. The summed E-state index contributed by atoms with van der Waals surface area (Å²) in [5.74, 6) is 2.95. The molecule has 19 heavy (non-hydrogen) atoms. The number of halogens is 1. The predicted molar refractivity (Wildman–Crippen MR) is 85.8 cm³/mol. The first-order valence-electron chi connectivity index (χ1n) is 5.61. The van der Waals surface area contributed by atoms with Crippen LogP contribution >= 0.6 is 30.1 Å². The van der Waals surface area contributed by atoms with Crippen molar-refractivity contribution < 1.29 is 9.53 Å².